The number of ketones is 1. The first-order valence-electron chi connectivity index (χ1n) is 4.08. The highest BCUT2D eigenvalue weighted by Crippen LogP contribution is 1.95. The van der Waals surface area contributed by atoms with Crippen molar-refractivity contribution in [2.75, 3.05) is 5.75 Å². The molecule has 0 aromatic rings. The Kier molecular flexibility index (Phi) is 5.80. The average Bonchev–Trinajstić information content (AvgIpc) is 2.12. The molecule has 0 fully saturated rings. The van der Waals surface area contributed by atoms with Gasteiger partial charge in [0, 0.05) is 18.6 Å². The van der Waals surface area contributed by atoms with Gasteiger partial charge in [-0.2, -0.15) is 12.6 Å². The van der Waals surface area contributed by atoms with E-state index in [0.29, 0.717) is 18.6 Å². The van der Waals surface area contributed by atoms with Gasteiger partial charge in [-0.3, -0.25) is 9.59 Å². The predicted octanol–water partition coefficient (Wildman–Crippen LogP) is 0.790. The Labute approximate surface area is 78.3 Å². The Balaban J connectivity index is 3.99. The molecule has 3 nitrogen and oxygen atoms in total. The van der Waals surface area contributed by atoms with Crippen molar-refractivity contribution < 1.29 is 9.59 Å². The van der Waals surface area contributed by atoms with E-state index in [1.54, 1.807) is 13.8 Å². The summed E-state index contributed by atoms with van der Waals surface area (Å²) in [4.78, 5) is 22.0. The lowest BCUT2D eigenvalue weighted by Crippen LogP contribution is -2.41. The SMILES string of the molecule is CCC(=O)NC(CS)C(=O)CC. The Morgan fingerprint density at radius 2 is 1.92 bits per heavy atom. The van der Waals surface area contributed by atoms with Gasteiger partial charge >= 0.3 is 0 Å². The van der Waals surface area contributed by atoms with Crippen molar-refractivity contribution in [1.29, 1.82) is 0 Å². The van der Waals surface area contributed by atoms with Crippen LogP contribution in [0.2, 0.25) is 0 Å². The number of Topliss-reactive ketones (excluding diaryl/α,β-unsaturated/α-hetero) is 1. The molecule has 0 aliphatic rings. The highest BCUT2D eigenvalue weighted by Gasteiger charge is 2.15. The Morgan fingerprint density at radius 3 is 2.25 bits per heavy atom. The molecule has 1 unspecified atom stereocenters. The van der Waals surface area contributed by atoms with Crippen molar-refractivity contribution >= 4 is 24.3 Å². The Morgan fingerprint density at radius 1 is 1.33 bits per heavy atom. The molecule has 0 bridgehead atoms. The lowest BCUT2D eigenvalue weighted by molar-refractivity contribution is -0.127. The van der Waals surface area contributed by atoms with E-state index in [2.05, 4.69) is 17.9 Å². The molecule has 0 aromatic heterocycles. The maximum Gasteiger partial charge on any atom is 0.220 e. The van der Waals surface area contributed by atoms with Crippen LogP contribution in [0.25, 0.3) is 0 Å². The largest absolute Gasteiger partial charge is 0.345 e. The Bertz CT molecular complexity index is 170. The van der Waals surface area contributed by atoms with Crippen LogP contribution in [0.1, 0.15) is 26.7 Å². The average molecular weight is 189 g/mol. The summed E-state index contributed by atoms with van der Waals surface area (Å²) in [6, 6.07) is -0.411. The van der Waals surface area contributed by atoms with E-state index in [1.165, 1.54) is 0 Å². The van der Waals surface area contributed by atoms with Crippen molar-refractivity contribution in [2.24, 2.45) is 0 Å². The van der Waals surface area contributed by atoms with E-state index in [-0.39, 0.29) is 11.7 Å². The first-order valence-corrected chi connectivity index (χ1v) is 4.71. The summed E-state index contributed by atoms with van der Waals surface area (Å²) in [6.07, 6.45) is 0.844. The zero-order valence-electron chi connectivity index (χ0n) is 7.46. The third-order valence-corrected chi connectivity index (χ3v) is 1.94. The molecule has 0 radical (unpaired) electrons. The third kappa shape index (κ3) is 3.76. The predicted molar refractivity (Wildman–Crippen MR) is 51.4 cm³/mol. The van der Waals surface area contributed by atoms with E-state index in [0.717, 1.165) is 0 Å². The van der Waals surface area contributed by atoms with Crippen molar-refractivity contribution in [2.45, 2.75) is 32.7 Å². The molecule has 0 saturated heterocycles. The summed E-state index contributed by atoms with van der Waals surface area (Å²) in [7, 11) is 0. The van der Waals surface area contributed by atoms with E-state index >= 15 is 0 Å². The van der Waals surface area contributed by atoms with E-state index in [1.807, 2.05) is 0 Å². The number of amides is 1. The lowest BCUT2D eigenvalue weighted by atomic mass is 10.1. The molecule has 1 atom stereocenters. The quantitative estimate of drug-likeness (QED) is 0.628. The molecule has 0 rings (SSSR count). The minimum Gasteiger partial charge on any atom is -0.345 e. The van der Waals surface area contributed by atoms with Crippen LogP contribution in [0.4, 0.5) is 0 Å². The molecule has 0 aliphatic carbocycles. The fraction of sp³-hybridized carbons (Fsp3) is 0.750. The summed E-state index contributed by atoms with van der Waals surface area (Å²) in [5.41, 5.74) is 0. The van der Waals surface area contributed by atoms with Crippen LogP contribution in [0.5, 0.6) is 0 Å². The zero-order valence-corrected chi connectivity index (χ0v) is 8.36. The van der Waals surface area contributed by atoms with Crippen LogP contribution in [-0.4, -0.2) is 23.5 Å². The zero-order chi connectivity index (χ0) is 9.56. The topological polar surface area (TPSA) is 46.2 Å². The number of carbonyl (C=O) groups excluding carboxylic acids is 2. The normalized spacial score (nSPS) is 12.2. The molecule has 1 N–H and O–H groups in total. The van der Waals surface area contributed by atoms with Gasteiger partial charge in [0.25, 0.3) is 0 Å². The number of thiol groups is 1. The third-order valence-electron chi connectivity index (χ3n) is 1.58. The minimum atomic E-state index is -0.411. The molecule has 0 aromatic carbocycles. The number of hydrogen-bond acceptors (Lipinski definition) is 3. The standard InChI is InChI=1S/C8H15NO2S/c1-3-7(10)6(5-12)9-8(11)4-2/h6,12H,3-5H2,1-2H3,(H,9,11). The molecule has 0 aliphatic heterocycles. The second-order valence-electron chi connectivity index (χ2n) is 2.48. The molecule has 4 heteroatoms. The summed E-state index contributed by atoms with van der Waals surface area (Å²) in [5, 5.41) is 2.60. The van der Waals surface area contributed by atoms with Crippen molar-refractivity contribution in [3.8, 4) is 0 Å². The van der Waals surface area contributed by atoms with Gasteiger partial charge in [0.15, 0.2) is 5.78 Å². The molecule has 70 valence electrons. The number of hydrogen-bond donors (Lipinski definition) is 2. The van der Waals surface area contributed by atoms with Gasteiger partial charge in [0.05, 0.1) is 6.04 Å². The van der Waals surface area contributed by atoms with Crippen LogP contribution in [-0.2, 0) is 9.59 Å². The lowest BCUT2D eigenvalue weighted by Gasteiger charge is -2.13. The summed E-state index contributed by atoms with van der Waals surface area (Å²) >= 11 is 3.99. The second kappa shape index (κ2) is 6.06. The van der Waals surface area contributed by atoms with Crippen LogP contribution >= 0.6 is 12.6 Å². The molecular formula is C8H15NO2S. The van der Waals surface area contributed by atoms with Gasteiger partial charge in [-0.15, -0.1) is 0 Å². The minimum absolute atomic E-state index is 0.0341. The van der Waals surface area contributed by atoms with Crippen molar-refractivity contribution in [3.63, 3.8) is 0 Å². The summed E-state index contributed by atoms with van der Waals surface area (Å²) in [5.74, 6) is 0.306. The van der Waals surface area contributed by atoms with Gasteiger partial charge in [-0.05, 0) is 0 Å². The van der Waals surface area contributed by atoms with E-state index in [9.17, 15) is 9.59 Å². The molecule has 0 spiro atoms. The highest BCUT2D eigenvalue weighted by molar-refractivity contribution is 7.80. The van der Waals surface area contributed by atoms with E-state index in [4.69, 9.17) is 0 Å². The molecule has 1 amide bonds. The molecule has 12 heavy (non-hydrogen) atoms. The fourth-order valence-electron chi connectivity index (χ4n) is 0.771. The van der Waals surface area contributed by atoms with Crippen molar-refractivity contribution in [1.82, 2.24) is 5.32 Å². The van der Waals surface area contributed by atoms with Crippen LogP contribution in [0, 0.1) is 0 Å². The van der Waals surface area contributed by atoms with Crippen LogP contribution < -0.4 is 5.32 Å². The van der Waals surface area contributed by atoms with Gasteiger partial charge in [0.1, 0.15) is 0 Å². The van der Waals surface area contributed by atoms with Crippen LogP contribution in [0.3, 0.4) is 0 Å². The first kappa shape index (κ1) is 11.5. The fourth-order valence-corrected chi connectivity index (χ4v) is 1.07. The summed E-state index contributed by atoms with van der Waals surface area (Å²) in [6.45, 7) is 3.53. The maximum absolute atomic E-state index is 11.1. The first-order chi connectivity index (χ1) is 5.65. The van der Waals surface area contributed by atoms with E-state index < -0.39 is 6.04 Å². The van der Waals surface area contributed by atoms with Gasteiger partial charge < -0.3 is 5.32 Å². The monoisotopic (exact) mass is 189 g/mol. The number of carbonyl (C=O) groups is 2. The van der Waals surface area contributed by atoms with Crippen molar-refractivity contribution in [3.05, 3.63) is 0 Å². The summed E-state index contributed by atoms with van der Waals surface area (Å²) < 4.78 is 0. The smallest absolute Gasteiger partial charge is 0.220 e. The maximum atomic E-state index is 11.1. The highest BCUT2D eigenvalue weighted by atomic mass is 32.1. The molecule has 0 heterocycles. The second-order valence-corrected chi connectivity index (χ2v) is 2.84. The number of nitrogens with one attached hydrogen (secondary N) is 1. The molecule has 0 saturated carbocycles. The van der Waals surface area contributed by atoms with Crippen LogP contribution in [0.15, 0.2) is 0 Å². The van der Waals surface area contributed by atoms with Gasteiger partial charge in [-0.1, -0.05) is 13.8 Å². The molecular weight excluding hydrogens is 174 g/mol. The number of rotatable bonds is 5. The van der Waals surface area contributed by atoms with Gasteiger partial charge in [0.2, 0.25) is 5.91 Å². The van der Waals surface area contributed by atoms with Gasteiger partial charge in [-0.25, -0.2) is 0 Å². The Hall–Kier alpha value is -0.510.